The molecule has 0 heterocycles. The summed E-state index contributed by atoms with van der Waals surface area (Å²) in [6.07, 6.45) is 13.3. The van der Waals surface area contributed by atoms with E-state index in [1.54, 1.807) is 6.08 Å². The van der Waals surface area contributed by atoms with Crippen LogP contribution in [-0.4, -0.2) is 22.4 Å². The molecule has 16 heavy (non-hydrogen) atoms. The Morgan fingerprint density at radius 3 is 2.69 bits per heavy atom. The van der Waals surface area contributed by atoms with Crippen LogP contribution in [-0.2, 0) is 0 Å². The number of hydrogen-bond donors (Lipinski definition) is 2. The van der Waals surface area contributed by atoms with E-state index < -0.39 is 5.60 Å². The van der Waals surface area contributed by atoms with E-state index in [9.17, 15) is 5.11 Å². The first kappa shape index (κ1) is 12.1. The van der Waals surface area contributed by atoms with Gasteiger partial charge in [-0.05, 0) is 31.6 Å². The minimum absolute atomic E-state index is 0.0945. The van der Waals surface area contributed by atoms with Crippen molar-refractivity contribution in [3.05, 3.63) is 12.2 Å². The van der Waals surface area contributed by atoms with Gasteiger partial charge in [0.2, 0.25) is 0 Å². The number of aliphatic hydroxyl groups excluding tert-OH is 1. The SMILES string of the molecule is OC/C=C/[C@H]1CC[C@H]2CCCCCC[C@]21O. The molecule has 2 saturated carbocycles. The number of rotatable bonds is 2. The van der Waals surface area contributed by atoms with Crippen LogP contribution in [0.15, 0.2) is 12.2 Å². The average molecular weight is 224 g/mol. The molecule has 2 aliphatic rings. The highest BCUT2D eigenvalue weighted by Gasteiger charge is 2.46. The third-order valence-corrected chi connectivity index (χ3v) is 4.53. The van der Waals surface area contributed by atoms with Gasteiger partial charge in [0.15, 0.2) is 0 Å². The van der Waals surface area contributed by atoms with Crippen LogP contribution >= 0.6 is 0 Å². The molecule has 0 radical (unpaired) electrons. The van der Waals surface area contributed by atoms with Crippen molar-refractivity contribution in [2.75, 3.05) is 6.61 Å². The van der Waals surface area contributed by atoms with E-state index in [0.29, 0.717) is 5.92 Å². The van der Waals surface area contributed by atoms with Crippen molar-refractivity contribution in [1.82, 2.24) is 0 Å². The predicted molar refractivity (Wildman–Crippen MR) is 65.1 cm³/mol. The summed E-state index contributed by atoms with van der Waals surface area (Å²) >= 11 is 0. The zero-order valence-electron chi connectivity index (χ0n) is 10.1. The van der Waals surface area contributed by atoms with Crippen LogP contribution in [0.25, 0.3) is 0 Å². The molecule has 0 saturated heterocycles. The fraction of sp³-hybridized carbons (Fsp3) is 0.857. The molecule has 0 amide bonds. The summed E-state index contributed by atoms with van der Waals surface area (Å²) in [5, 5.41) is 19.7. The quantitative estimate of drug-likeness (QED) is 0.708. The van der Waals surface area contributed by atoms with Gasteiger partial charge in [0.05, 0.1) is 12.2 Å². The van der Waals surface area contributed by atoms with Crippen molar-refractivity contribution in [2.45, 2.75) is 57.0 Å². The lowest BCUT2D eigenvalue weighted by Crippen LogP contribution is -2.39. The molecule has 2 rings (SSSR count). The molecular formula is C14H24O2. The molecule has 0 aromatic rings. The van der Waals surface area contributed by atoms with Crippen molar-refractivity contribution in [1.29, 1.82) is 0 Å². The second kappa shape index (κ2) is 5.33. The summed E-state index contributed by atoms with van der Waals surface area (Å²) in [7, 11) is 0. The molecule has 92 valence electrons. The maximum absolute atomic E-state index is 10.9. The summed E-state index contributed by atoms with van der Waals surface area (Å²) in [6.45, 7) is 0.0945. The Morgan fingerprint density at radius 1 is 1.06 bits per heavy atom. The summed E-state index contributed by atoms with van der Waals surface area (Å²) in [4.78, 5) is 0. The van der Waals surface area contributed by atoms with Gasteiger partial charge in [-0.15, -0.1) is 0 Å². The van der Waals surface area contributed by atoms with Gasteiger partial charge in [-0.3, -0.25) is 0 Å². The predicted octanol–water partition coefficient (Wildman–Crippen LogP) is 2.65. The highest BCUT2D eigenvalue weighted by atomic mass is 16.3. The van der Waals surface area contributed by atoms with Gasteiger partial charge >= 0.3 is 0 Å². The van der Waals surface area contributed by atoms with E-state index in [-0.39, 0.29) is 12.5 Å². The molecule has 2 fully saturated rings. The lowest BCUT2D eigenvalue weighted by atomic mass is 9.76. The number of aliphatic hydroxyl groups is 2. The molecule has 3 atom stereocenters. The molecule has 0 bridgehead atoms. The van der Waals surface area contributed by atoms with Crippen LogP contribution in [0.5, 0.6) is 0 Å². The molecule has 2 heteroatoms. The van der Waals surface area contributed by atoms with E-state index >= 15 is 0 Å². The molecule has 2 nitrogen and oxygen atoms in total. The number of hydrogen-bond acceptors (Lipinski definition) is 2. The zero-order valence-corrected chi connectivity index (χ0v) is 10.1. The highest BCUT2D eigenvalue weighted by Crippen LogP contribution is 2.47. The Balaban J connectivity index is 2.08. The Morgan fingerprint density at radius 2 is 1.88 bits per heavy atom. The smallest absolute Gasteiger partial charge is 0.0738 e. The van der Waals surface area contributed by atoms with Crippen molar-refractivity contribution in [3.8, 4) is 0 Å². The molecule has 0 aromatic carbocycles. The van der Waals surface area contributed by atoms with Gasteiger partial charge in [0.25, 0.3) is 0 Å². The Bertz CT molecular complexity index is 249. The van der Waals surface area contributed by atoms with Crippen molar-refractivity contribution in [2.24, 2.45) is 11.8 Å². The second-order valence-electron chi connectivity index (χ2n) is 5.44. The topological polar surface area (TPSA) is 40.5 Å². The normalized spacial score (nSPS) is 40.6. The molecular weight excluding hydrogens is 200 g/mol. The molecule has 0 aliphatic heterocycles. The first-order chi connectivity index (χ1) is 7.77. The van der Waals surface area contributed by atoms with E-state index in [4.69, 9.17) is 5.11 Å². The molecule has 0 unspecified atom stereocenters. The molecule has 2 aliphatic carbocycles. The summed E-state index contributed by atoms with van der Waals surface area (Å²) in [5.41, 5.74) is -0.466. The molecule has 0 aromatic heterocycles. The minimum Gasteiger partial charge on any atom is -0.392 e. The third-order valence-electron chi connectivity index (χ3n) is 4.53. The van der Waals surface area contributed by atoms with Crippen LogP contribution in [0.1, 0.15) is 51.4 Å². The number of fused-ring (bicyclic) bond motifs is 1. The summed E-state index contributed by atoms with van der Waals surface area (Å²) in [6, 6.07) is 0. The van der Waals surface area contributed by atoms with E-state index in [0.717, 1.165) is 25.7 Å². The largest absolute Gasteiger partial charge is 0.392 e. The fourth-order valence-electron chi connectivity index (χ4n) is 3.61. The minimum atomic E-state index is -0.466. The lowest BCUT2D eigenvalue weighted by molar-refractivity contribution is -0.0388. The van der Waals surface area contributed by atoms with Crippen molar-refractivity contribution < 1.29 is 10.2 Å². The standard InChI is InChI=1S/C14H24O2/c15-11-5-7-13-9-8-12-6-3-1-2-4-10-14(12,13)16/h5,7,12-13,15-16H,1-4,6,8-11H2/b7-5+/t12-,13+,14+/m1/s1. The first-order valence-corrected chi connectivity index (χ1v) is 6.77. The van der Waals surface area contributed by atoms with Crippen LogP contribution in [0.4, 0.5) is 0 Å². The lowest BCUT2D eigenvalue weighted by Gasteiger charge is -2.36. The van der Waals surface area contributed by atoms with Crippen LogP contribution in [0, 0.1) is 11.8 Å². The van der Waals surface area contributed by atoms with Crippen molar-refractivity contribution in [3.63, 3.8) is 0 Å². The Hall–Kier alpha value is -0.340. The molecule has 0 spiro atoms. The Labute approximate surface area is 98.4 Å². The van der Waals surface area contributed by atoms with Gasteiger partial charge in [-0.25, -0.2) is 0 Å². The van der Waals surface area contributed by atoms with E-state index in [1.807, 2.05) is 6.08 Å². The van der Waals surface area contributed by atoms with Crippen LogP contribution in [0.2, 0.25) is 0 Å². The highest BCUT2D eigenvalue weighted by molar-refractivity contribution is 5.07. The monoisotopic (exact) mass is 224 g/mol. The first-order valence-electron chi connectivity index (χ1n) is 6.77. The van der Waals surface area contributed by atoms with Gasteiger partial charge in [-0.2, -0.15) is 0 Å². The maximum Gasteiger partial charge on any atom is 0.0738 e. The molecule has 2 N–H and O–H groups in total. The summed E-state index contributed by atoms with van der Waals surface area (Å²) < 4.78 is 0. The van der Waals surface area contributed by atoms with Crippen LogP contribution in [0.3, 0.4) is 0 Å². The third kappa shape index (κ3) is 2.33. The maximum atomic E-state index is 10.9. The van der Waals surface area contributed by atoms with Gasteiger partial charge in [-0.1, -0.05) is 37.8 Å². The van der Waals surface area contributed by atoms with Crippen molar-refractivity contribution >= 4 is 0 Å². The van der Waals surface area contributed by atoms with Gasteiger partial charge in [0.1, 0.15) is 0 Å². The average Bonchev–Trinajstić information content (AvgIpc) is 2.54. The van der Waals surface area contributed by atoms with E-state index in [2.05, 4.69) is 0 Å². The zero-order chi connectivity index (χ0) is 11.4. The van der Waals surface area contributed by atoms with Gasteiger partial charge in [0, 0.05) is 5.92 Å². The van der Waals surface area contributed by atoms with Gasteiger partial charge < -0.3 is 10.2 Å². The van der Waals surface area contributed by atoms with Crippen LogP contribution < -0.4 is 0 Å². The summed E-state index contributed by atoms with van der Waals surface area (Å²) in [5.74, 6) is 0.781. The second-order valence-corrected chi connectivity index (χ2v) is 5.44. The fourth-order valence-corrected chi connectivity index (χ4v) is 3.61. The van der Waals surface area contributed by atoms with E-state index in [1.165, 1.54) is 25.7 Å². The Kier molecular flexibility index (Phi) is 4.04.